The van der Waals surface area contributed by atoms with E-state index in [1.165, 1.54) is 0 Å². The van der Waals surface area contributed by atoms with Crippen LogP contribution in [0, 0.1) is 0 Å². The van der Waals surface area contributed by atoms with Gasteiger partial charge in [0.25, 0.3) is 0 Å². The van der Waals surface area contributed by atoms with Gasteiger partial charge in [-0.1, -0.05) is 18.1 Å². The first-order valence-electron chi connectivity index (χ1n) is 8.34. The molecule has 0 bridgehead atoms. The second-order valence-electron chi connectivity index (χ2n) is 8.11. The minimum atomic E-state index is -1.67. The van der Waals surface area contributed by atoms with E-state index >= 15 is 0 Å². The Kier molecular flexibility index (Phi) is 5.23. The van der Waals surface area contributed by atoms with Crippen LogP contribution in [0.4, 0.5) is 0 Å². The van der Waals surface area contributed by atoms with Crippen molar-refractivity contribution in [1.29, 1.82) is 0 Å². The van der Waals surface area contributed by atoms with Crippen molar-refractivity contribution in [2.75, 3.05) is 7.11 Å². The Bertz CT molecular complexity index is 604. The Morgan fingerprint density at radius 1 is 1.00 bits per heavy atom. The molecule has 0 saturated carbocycles. The molecule has 24 heavy (non-hydrogen) atoms. The number of rotatable bonds is 5. The van der Waals surface area contributed by atoms with Crippen LogP contribution in [-0.2, 0) is 9.31 Å². The lowest BCUT2D eigenvalue weighted by Crippen LogP contribution is -2.41. The molecule has 1 fully saturated rings. The van der Waals surface area contributed by atoms with Gasteiger partial charge in [-0.2, -0.15) is 0 Å². The summed E-state index contributed by atoms with van der Waals surface area (Å²) >= 11 is 0. The third-order valence-corrected chi connectivity index (χ3v) is 5.15. The van der Waals surface area contributed by atoms with E-state index in [4.69, 9.17) is 18.5 Å². The highest BCUT2D eigenvalue weighted by atomic mass is 28.4. The summed E-state index contributed by atoms with van der Waals surface area (Å²) in [5.41, 5.74) is 0.369. The topological polar surface area (TPSA) is 36.9 Å². The summed E-state index contributed by atoms with van der Waals surface area (Å²) < 4.78 is 23.5. The van der Waals surface area contributed by atoms with Gasteiger partial charge in [0.2, 0.25) is 8.32 Å². The molecular weight excluding hydrogens is 319 g/mol. The molecule has 1 aliphatic rings. The Morgan fingerprint density at radius 3 is 2.08 bits per heavy atom. The van der Waals surface area contributed by atoms with Crippen molar-refractivity contribution >= 4 is 21.5 Å². The van der Waals surface area contributed by atoms with Crippen molar-refractivity contribution in [2.24, 2.45) is 0 Å². The van der Waals surface area contributed by atoms with Crippen LogP contribution in [0.2, 0.25) is 19.6 Å². The minimum absolute atomic E-state index is 0.325. The van der Waals surface area contributed by atoms with E-state index in [0.717, 1.165) is 17.1 Å². The Hall–Kier alpha value is -1.24. The lowest BCUT2D eigenvalue weighted by atomic mass is 9.89. The maximum absolute atomic E-state index is 6.05. The molecule has 132 valence electrons. The zero-order valence-electron chi connectivity index (χ0n) is 16.1. The maximum atomic E-state index is 6.05. The average molecular weight is 348 g/mol. The van der Waals surface area contributed by atoms with Crippen molar-refractivity contribution in [2.45, 2.75) is 58.5 Å². The van der Waals surface area contributed by atoms with Crippen molar-refractivity contribution in [3.05, 3.63) is 29.7 Å². The molecule has 0 atom stereocenters. The predicted molar refractivity (Wildman–Crippen MR) is 102 cm³/mol. The van der Waals surface area contributed by atoms with Crippen LogP contribution >= 0.6 is 0 Å². The normalized spacial score (nSPS) is 19.8. The van der Waals surface area contributed by atoms with E-state index < -0.39 is 8.32 Å². The number of hydrogen-bond donors (Lipinski definition) is 0. The molecule has 2 rings (SSSR count). The van der Waals surface area contributed by atoms with Gasteiger partial charge in [0, 0.05) is 0 Å². The summed E-state index contributed by atoms with van der Waals surface area (Å²) in [6.45, 7) is 14.6. The van der Waals surface area contributed by atoms with E-state index in [1.54, 1.807) is 7.11 Å². The van der Waals surface area contributed by atoms with Gasteiger partial charge in [-0.05, 0) is 65.0 Å². The van der Waals surface area contributed by atoms with Crippen LogP contribution in [0.5, 0.6) is 11.5 Å². The van der Waals surface area contributed by atoms with E-state index in [2.05, 4.69) is 19.6 Å². The number of ether oxygens (including phenoxy) is 1. The number of hydrogen-bond acceptors (Lipinski definition) is 4. The molecule has 1 aromatic rings. The Balaban J connectivity index is 2.14. The van der Waals surface area contributed by atoms with E-state index in [9.17, 15) is 0 Å². The second kappa shape index (κ2) is 6.58. The molecule has 0 amide bonds. The Labute approximate surface area is 147 Å². The molecule has 1 heterocycles. The van der Waals surface area contributed by atoms with Crippen molar-refractivity contribution in [3.63, 3.8) is 0 Å². The lowest BCUT2D eigenvalue weighted by Gasteiger charge is -2.32. The third-order valence-electron chi connectivity index (χ3n) is 4.32. The fourth-order valence-electron chi connectivity index (χ4n) is 2.36. The minimum Gasteiger partial charge on any atom is -0.542 e. The van der Waals surface area contributed by atoms with Gasteiger partial charge >= 0.3 is 7.12 Å². The SMILES string of the molecule is COc1cc(/C=C/B2OC(C)(C)C(C)(C)O2)ccc1O[Si](C)(C)C. The maximum Gasteiger partial charge on any atom is 0.487 e. The van der Waals surface area contributed by atoms with Gasteiger partial charge in [0.1, 0.15) is 5.75 Å². The highest BCUT2D eigenvalue weighted by Gasteiger charge is 2.49. The summed E-state index contributed by atoms with van der Waals surface area (Å²) in [6, 6.07) is 5.94. The molecule has 0 aliphatic carbocycles. The fourth-order valence-corrected chi connectivity index (χ4v) is 3.19. The summed E-state index contributed by atoms with van der Waals surface area (Å²) in [6.07, 6.45) is 1.99. The van der Waals surface area contributed by atoms with E-state index in [1.807, 2.05) is 57.9 Å². The van der Waals surface area contributed by atoms with Crippen LogP contribution in [0.3, 0.4) is 0 Å². The van der Waals surface area contributed by atoms with Crippen LogP contribution < -0.4 is 9.16 Å². The summed E-state index contributed by atoms with van der Waals surface area (Å²) in [7, 11) is -0.360. The van der Waals surface area contributed by atoms with Crippen molar-refractivity contribution < 1.29 is 18.5 Å². The van der Waals surface area contributed by atoms with Gasteiger partial charge in [-0.15, -0.1) is 0 Å². The lowest BCUT2D eigenvalue weighted by molar-refractivity contribution is 0.00578. The monoisotopic (exact) mass is 348 g/mol. The predicted octanol–water partition coefficient (Wildman–Crippen LogP) is 4.55. The highest BCUT2D eigenvalue weighted by molar-refractivity contribution is 6.70. The zero-order valence-corrected chi connectivity index (χ0v) is 17.1. The average Bonchev–Trinajstić information content (AvgIpc) is 2.64. The smallest absolute Gasteiger partial charge is 0.487 e. The molecule has 0 radical (unpaired) electrons. The molecule has 1 saturated heterocycles. The van der Waals surface area contributed by atoms with Gasteiger partial charge in [0.15, 0.2) is 5.75 Å². The van der Waals surface area contributed by atoms with Gasteiger partial charge in [-0.3, -0.25) is 0 Å². The first kappa shape index (κ1) is 19.1. The van der Waals surface area contributed by atoms with E-state index in [0.29, 0.717) is 0 Å². The van der Waals surface area contributed by atoms with E-state index in [-0.39, 0.29) is 18.3 Å². The van der Waals surface area contributed by atoms with Crippen LogP contribution in [0.15, 0.2) is 24.2 Å². The van der Waals surface area contributed by atoms with Crippen LogP contribution in [0.1, 0.15) is 33.3 Å². The summed E-state index contributed by atoms with van der Waals surface area (Å²) in [4.78, 5) is 0. The second-order valence-corrected chi connectivity index (χ2v) is 12.5. The zero-order chi connectivity index (χ0) is 18.2. The largest absolute Gasteiger partial charge is 0.542 e. The molecule has 1 aromatic carbocycles. The standard InChI is InChI=1S/C18H29BO4Si/c1-17(2)18(3,4)23-19(22-17)12-11-14-9-10-15(16(13-14)20-5)21-24(6,7)8/h9-13H,1-8H3/b12-11+. The molecular formula is C18H29BO4Si. The van der Waals surface area contributed by atoms with Gasteiger partial charge in [0.05, 0.1) is 18.3 Å². The molecule has 0 aromatic heterocycles. The highest BCUT2D eigenvalue weighted by Crippen LogP contribution is 2.37. The van der Waals surface area contributed by atoms with Gasteiger partial charge < -0.3 is 18.5 Å². The molecule has 4 nitrogen and oxygen atoms in total. The fraction of sp³-hybridized carbons (Fsp3) is 0.556. The summed E-state index contributed by atoms with van der Waals surface area (Å²) in [5.74, 6) is 3.47. The van der Waals surface area contributed by atoms with Crippen molar-refractivity contribution in [3.8, 4) is 11.5 Å². The first-order chi connectivity index (χ1) is 10.9. The van der Waals surface area contributed by atoms with Crippen molar-refractivity contribution in [1.82, 2.24) is 0 Å². The molecule has 0 spiro atoms. The molecule has 1 aliphatic heterocycles. The summed E-state index contributed by atoms with van der Waals surface area (Å²) in [5, 5.41) is 0. The Morgan fingerprint density at radius 2 is 1.58 bits per heavy atom. The third kappa shape index (κ3) is 4.43. The van der Waals surface area contributed by atoms with Gasteiger partial charge in [-0.25, -0.2) is 0 Å². The van der Waals surface area contributed by atoms with Crippen LogP contribution in [0.25, 0.3) is 6.08 Å². The quantitative estimate of drug-likeness (QED) is 0.732. The molecule has 0 unspecified atom stereocenters. The van der Waals surface area contributed by atoms with Crippen LogP contribution in [-0.4, -0.2) is 33.7 Å². The molecule has 6 heteroatoms. The number of methoxy groups -OCH3 is 1. The number of benzene rings is 1. The first-order valence-corrected chi connectivity index (χ1v) is 11.8. The molecule has 0 N–H and O–H groups in total.